The normalized spacial score (nSPS) is 10.2. The molecule has 0 saturated carbocycles. The van der Waals surface area contributed by atoms with E-state index < -0.39 is 0 Å². The van der Waals surface area contributed by atoms with E-state index in [1.165, 1.54) is 4.90 Å². The van der Waals surface area contributed by atoms with Gasteiger partial charge in [0.15, 0.2) is 0 Å². The van der Waals surface area contributed by atoms with E-state index in [1.54, 1.807) is 30.9 Å². The van der Waals surface area contributed by atoms with E-state index in [0.29, 0.717) is 13.1 Å². The van der Waals surface area contributed by atoms with Gasteiger partial charge >= 0.3 is 0 Å². The zero-order chi connectivity index (χ0) is 16.5. The quantitative estimate of drug-likeness (QED) is 0.521. The predicted octanol–water partition coefficient (Wildman–Crippen LogP) is 3.45. The molecule has 2 aromatic carbocycles. The third-order valence-electron chi connectivity index (χ3n) is 3.40. The first-order valence-electron chi connectivity index (χ1n) is 7.35. The summed E-state index contributed by atoms with van der Waals surface area (Å²) in [7, 11) is 3.25. The van der Waals surface area contributed by atoms with Crippen LogP contribution in [0.2, 0.25) is 0 Å². The highest BCUT2D eigenvalue weighted by atomic mass is 32.2. The number of hydrogen-bond donors (Lipinski definition) is 0. The molecular weight excluding hydrogens is 310 g/mol. The fourth-order valence-electron chi connectivity index (χ4n) is 2.19. The van der Waals surface area contributed by atoms with Crippen LogP contribution < -0.4 is 9.47 Å². The van der Waals surface area contributed by atoms with E-state index in [0.717, 1.165) is 29.2 Å². The van der Waals surface area contributed by atoms with Gasteiger partial charge in [0.05, 0.1) is 14.2 Å². The molecule has 0 aliphatic rings. The lowest BCUT2D eigenvalue weighted by Gasteiger charge is -2.19. The fraction of sp³-hybridized carbons (Fsp3) is 0.278. The van der Waals surface area contributed by atoms with Gasteiger partial charge in [-0.15, -0.1) is 11.8 Å². The molecule has 0 aliphatic heterocycles. The van der Waals surface area contributed by atoms with E-state index in [9.17, 15) is 4.79 Å². The number of ether oxygens (including phenoxy) is 2. The highest BCUT2D eigenvalue weighted by Gasteiger charge is 2.10. The minimum absolute atomic E-state index is 0.499. The van der Waals surface area contributed by atoms with Crippen LogP contribution in [0.3, 0.4) is 0 Å². The van der Waals surface area contributed by atoms with E-state index in [1.807, 2.05) is 36.4 Å². The lowest BCUT2D eigenvalue weighted by molar-refractivity contribution is -0.118. The molecule has 0 saturated heterocycles. The van der Waals surface area contributed by atoms with Crippen LogP contribution in [0.15, 0.2) is 53.4 Å². The molecule has 122 valence electrons. The highest BCUT2D eigenvalue weighted by molar-refractivity contribution is 7.99. The molecule has 0 atom stereocenters. The van der Waals surface area contributed by atoms with Crippen molar-refractivity contribution >= 4 is 18.2 Å². The van der Waals surface area contributed by atoms with Crippen LogP contribution in [0.25, 0.3) is 0 Å². The van der Waals surface area contributed by atoms with Crippen LogP contribution in [0.1, 0.15) is 5.56 Å². The van der Waals surface area contributed by atoms with Crippen molar-refractivity contribution in [2.75, 3.05) is 26.5 Å². The maximum absolute atomic E-state index is 11.4. The lowest BCUT2D eigenvalue weighted by atomic mass is 10.1. The van der Waals surface area contributed by atoms with Gasteiger partial charge in [0.1, 0.15) is 11.5 Å². The van der Waals surface area contributed by atoms with Gasteiger partial charge in [0, 0.05) is 29.3 Å². The number of nitrogens with zero attached hydrogens (tertiary/aromatic N) is 1. The second kappa shape index (κ2) is 9.10. The number of amides is 1. The zero-order valence-electron chi connectivity index (χ0n) is 13.4. The van der Waals surface area contributed by atoms with Crippen LogP contribution in [0.5, 0.6) is 11.5 Å². The summed E-state index contributed by atoms with van der Waals surface area (Å²) in [6.45, 7) is 1.17. The number of hydrogen-bond acceptors (Lipinski definition) is 4. The molecule has 1 amide bonds. The predicted molar refractivity (Wildman–Crippen MR) is 93.2 cm³/mol. The molecule has 0 fully saturated rings. The molecule has 0 heterocycles. The molecule has 0 unspecified atom stereocenters. The number of methoxy groups -OCH3 is 2. The van der Waals surface area contributed by atoms with E-state index >= 15 is 0 Å². The topological polar surface area (TPSA) is 38.8 Å². The Morgan fingerprint density at radius 1 is 1.09 bits per heavy atom. The summed E-state index contributed by atoms with van der Waals surface area (Å²) in [6.07, 6.45) is 0.879. The Morgan fingerprint density at radius 2 is 1.87 bits per heavy atom. The largest absolute Gasteiger partial charge is 0.497 e. The molecule has 0 bridgehead atoms. The minimum atomic E-state index is 0.499. The zero-order valence-corrected chi connectivity index (χ0v) is 14.2. The third-order valence-corrected chi connectivity index (χ3v) is 4.39. The Bertz CT molecular complexity index is 619. The molecule has 0 N–H and O–H groups in total. The standard InChI is InChI=1S/C18H21NO3S/c1-21-16-8-9-18(22-2)15(12-16)13-19(14-20)10-11-23-17-6-4-3-5-7-17/h3-9,12,14H,10-11,13H2,1-2H3. The van der Waals surface area contributed by atoms with Gasteiger partial charge in [-0.25, -0.2) is 0 Å². The van der Waals surface area contributed by atoms with Crippen molar-refractivity contribution in [3.05, 3.63) is 54.1 Å². The number of carbonyl (C=O) groups is 1. The Labute approximate surface area is 141 Å². The van der Waals surface area contributed by atoms with Gasteiger partial charge in [0.2, 0.25) is 6.41 Å². The first-order valence-corrected chi connectivity index (χ1v) is 8.33. The van der Waals surface area contributed by atoms with E-state index in [4.69, 9.17) is 9.47 Å². The number of benzene rings is 2. The lowest BCUT2D eigenvalue weighted by Crippen LogP contribution is -2.24. The summed E-state index contributed by atoms with van der Waals surface area (Å²) in [4.78, 5) is 14.3. The van der Waals surface area contributed by atoms with Crippen molar-refractivity contribution in [1.29, 1.82) is 0 Å². The Kier molecular flexibility index (Phi) is 6.81. The number of rotatable bonds is 9. The second-order valence-electron chi connectivity index (χ2n) is 4.92. The van der Waals surface area contributed by atoms with Crippen molar-refractivity contribution in [3.8, 4) is 11.5 Å². The first kappa shape index (κ1) is 17.2. The van der Waals surface area contributed by atoms with E-state index in [-0.39, 0.29) is 0 Å². The maximum atomic E-state index is 11.4. The summed E-state index contributed by atoms with van der Waals surface area (Å²) in [5.41, 5.74) is 0.934. The monoisotopic (exact) mass is 331 g/mol. The van der Waals surface area contributed by atoms with Crippen LogP contribution in [-0.4, -0.2) is 37.8 Å². The summed E-state index contributed by atoms with van der Waals surface area (Å²) < 4.78 is 10.6. The van der Waals surface area contributed by atoms with Gasteiger partial charge < -0.3 is 14.4 Å². The van der Waals surface area contributed by atoms with Crippen molar-refractivity contribution < 1.29 is 14.3 Å². The molecule has 0 aliphatic carbocycles. The summed E-state index contributed by atoms with van der Waals surface area (Å²) >= 11 is 1.74. The molecule has 0 radical (unpaired) electrons. The molecule has 4 nitrogen and oxygen atoms in total. The number of carbonyl (C=O) groups excluding carboxylic acids is 1. The smallest absolute Gasteiger partial charge is 0.210 e. The van der Waals surface area contributed by atoms with Crippen molar-refractivity contribution in [3.63, 3.8) is 0 Å². The second-order valence-corrected chi connectivity index (χ2v) is 6.08. The Morgan fingerprint density at radius 3 is 2.52 bits per heavy atom. The van der Waals surface area contributed by atoms with Crippen LogP contribution >= 0.6 is 11.8 Å². The highest BCUT2D eigenvalue weighted by Crippen LogP contribution is 2.25. The summed E-state index contributed by atoms with van der Waals surface area (Å²) in [5, 5.41) is 0. The molecule has 23 heavy (non-hydrogen) atoms. The maximum Gasteiger partial charge on any atom is 0.210 e. The van der Waals surface area contributed by atoms with Crippen molar-refractivity contribution in [2.45, 2.75) is 11.4 Å². The first-order chi connectivity index (χ1) is 11.3. The SMILES string of the molecule is COc1ccc(OC)c(CN(C=O)CCSc2ccccc2)c1. The molecule has 0 aromatic heterocycles. The molecule has 2 aromatic rings. The van der Waals surface area contributed by atoms with Gasteiger partial charge in [-0.1, -0.05) is 18.2 Å². The Balaban J connectivity index is 1.95. The van der Waals surface area contributed by atoms with Crippen LogP contribution in [-0.2, 0) is 11.3 Å². The summed E-state index contributed by atoms with van der Waals surface area (Å²) in [6, 6.07) is 15.8. The van der Waals surface area contributed by atoms with Crippen molar-refractivity contribution in [1.82, 2.24) is 4.90 Å². The average Bonchev–Trinajstić information content (AvgIpc) is 2.61. The fourth-order valence-corrected chi connectivity index (χ4v) is 3.10. The summed E-state index contributed by atoms with van der Waals surface area (Å²) in [5.74, 6) is 2.35. The van der Waals surface area contributed by atoms with Crippen LogP contribution in [0.4, 0.5) is 0 Å². The average molecular weight is 331 g/mol. The molecule has 2 rings (SSSR count). The van der Waals surface area contributed by atoms with Gasteiger partial charge in [-0.2, -0.15) is 0 Å². The van der Waals surface area contributed by atoms with Crippen LogP contribution in [0, 0.1) is 0 Å². The molecule has 0 spiro atoms. The van der Waals surface area contributed by atoms with Crippen molar-refractivity contribution in [2.24, 2.45) is 0 Å². The molecular formula is C18H21NO3S. The van der Waals surface area contributed by atoms with E-state index in [2.05, 4.69) is 12.1 Å². The van der Waals surface area contributed by atoms with Gasteiger partial charge in [-0.05, 0) is 30.3 Å². The van der Waals surface area contributed by atoms with Gasteiger partial charge in [-0.3, -0.25) is 4.79 Å². The number of thioether (sulfide) groups is 1. The van der Waals surface area contributed by atoms with Gasteiger partial charge in [0.25, 0.3) is 0 Å². The molecule has 5 heteroatoms. The third kappa shape index (κ3) is 5.21. The minimum Gasteiger partial charge on any atom is -0.497 e. The Hall–Kier alpha value is -2.14.